The van der Waals surface area contributed by atoms with E-state index in [0.717, 1.165) is 17.8 Å². The van der Waals surface area contributed by atoms with E-state index < -0.39 is 11.6 Å². The van der Waals surface area contributed by atoms with Crippen molar-refractivity contribution in [1.82, 2.24) is 0 Å². The predicted octanol–water partition coefficient (Wildman–Crippen LogP) is 3.05. The van der Waals surface area contributed by atoms with Crippen LogP contribution in [-0.4, -0.2) is 25.8 Å². The summed E-state index contributed by atoms with van der Waals surface area (Å²) in [5.41, 5.74) is 0. The van der Waals surface area contributed by atoms with E-state index >= 15 is 0 Å². The van der Waals surface area contributed by atoms with Gasteiger partial charge in [-0.3, -0.25) is 4.79 Å². The van der Waals surface area contributed by atoms with E-state index in [2.05, 4.69) is 0 Å². The Bertz CT molecular complexity index is 449. The largest absolute Gasteiger partial charge is 0.490 e. The van der Waals surface area contributed by atoms with Crippen molar-refractivity contribution in [3.63, 3.8) is 0 Å². The predicted molar refractivity (Wildman–Crippen MR) is 65.5 cm³/mol. The molecule has 0 radical (unpaired) electrons. The molecule has 0 saturated heterocycles. The summed E-state index contributed by atoms with van der Waals surface area (Å²) in [6.45, 7) is 1.45. The summed E-state index contributed by atoms with van der Waals surface area (Å²) in [7, 11) is 2.48. The normalized spacial score (nSPS) is 10.3. The molecule has 1 aromatic carbocycles. The molecule has 100 valence electrons. The smallest absolute Gasteiger partial charge is 0.201 e. The number of ketones is 1. The van der Waals surface area contributed by atoms with Crippen LogP contribution in [0, 0.1) is 11.6 Å². The third-order valence-corrected chi connectivity index (χ3v) is 3.23. The monoisotopic (exact) mass is 276 g/mol. The highest BCUT2D eigenvalue weighted by molar-refractivity contribution is 7.99. The zero-order valence-corrected chi connectivity index (χ0v) is 11.2. The number of Topliss-reactive ketones (excluding diaryl/α,β-unsaturated/α-hetero) is 1. The van der Waals surface area contributed by atoms with Gasteiger partial charge in [0.2, 0.25) is 5.75 Å². The molecule has 6 heteroatoms. The Kier molecular flexibility index (Phi) is 5.40. The first kappa shape index (κ1) is 14.8. The molecule has 0 heterocycles. The fraction of sp³-hybridized carbons (Fsp3) is 0.417. The van der Waals surface area contributed by atoms with Crippen LogP contribution in [0.2, 0.25) is 0 Å². The van der Waals surface area contributed by atoms with Crippen molar-refractivity contribution in [2.24, 2.45) is 0 Å². The topological polar surface area (TPSA) is 35.5 Å². The van der Waals surface area contributed by atoms with Crippen molar-refractivity contribution in [1.29, 1.82) is 0 Å². The molecule has 1 rings (SSSR count). The second-order valence-corrected chi connectivity index (χ2v) is 4.67. The lowest BCUT2D eigenvalue weighted by molar-refractivity contribution is -0.116. The quantitative estimate of drug-likeness (QED) is 0.748. The van der Waals surface area contributed by atoms with Crippen molar-refractivity contribution < 1.29 is 23.0 Å². The molecule has 0 N–H and O–H groups in total. The molecule has 0 fully saturated rings. The van der Waals surface area contributed by atoms with E-state index in [4.69, 9.17) is 9.47 Å². The molecule has 3 nitrogen and oxygen atoms in total. The molecule has 0 unspecified atom stereocenters. The van der Waals surface area contributed by atoms with Crippen molar-refractivity contribution in [2.75, 3.05) is 20.0 Å². The molecule has 0 aliphatic heterocycles. The standard InChI is InChI=1S/C12H14F2O3S/c1-7(15)4-5-18-9-6-8(13)11(16-2)12(17-3)10(9)14/h6H,4-5H2,1-3H3. The number of carbonyl (C=O) groups excluding carboxylic acids is 1. The van der Waals surface area contributed by atoms with E-state index in [1.807, 2.05) is 0 Å². The molecular weight excluding hydrogens is 262 g/mol. The summed E-state index contributed by atoms with van der Waals surface area (Å²) in [4.78, 5) is 10.9. The second-order valence-electron chi connectivity index (χ2n) is 3.54. The van der Waals surface area contributed by atoms with Crippen LogP contribution >= 0.6 is 11.8 Å². The van der Waals surface area contributed by atoms with Crippen LogP contribution < -0.4 is 9.47 Å². The number of hydrogen-bond donors (Lipinski definition) is 0. The van der Waals surface area contributed by atoms with Gasteiger partial charge in [0.25, 0.3) is 0 Å². The second kappa shape index (κ2) is 6.58. The summed E-state index contributed by atoms with van der Waals surface area (Å²) in [6.07, 6.45) is 0.306. The van der Waals surface area contributed by atoms with Gasteiger partial charge < -0.3 is 9.47 Å². The zero-order valence-electron chi connectivity index (χ0n) is 10.4. The van der Waals surface area contributed by atoms with Gasteiger partial charge in [0.1, 0.15) is 5.78 Å². The Labute approximate surface area is 108 Å². The fourth-order valence-electron chi connectivity index (χ4n) is 1.35. The summed E-state index contributed by atoms with van der Waals surface area (Å²) in [5, 5.41) is 0. The van der Waals surface area contributed by atoms with Gasteiger partial charge in [-0.1, -0.05) is 0 Å². The molecule has 0 bridgehead atoms. The molecule has 0 aliphatic rings. The van der Waals surface area contributed by atoms with Crippen LogP contribution in [0.3, 0.4) is 0 Å². The van der Waals surface area contributed by atoms with Crippen molar-refractivity contribution in [3.05, 3.63) is 17.7 Å². The lowest BCUT2D eigenvalue weighted by Crippen LogP contribution is -1.99. The van der Waals surface area contributed by atoms with Gasteiger partial charge in [0.15, 0.2) is 17.4 Å². The van der Waals surface area contributed by atoms with E-state index in [0.29, 0.717) is 12.2 Å². The highest BCUT2D eigenvalue weighted by Crippen LogP contribution is 2.38. The highest BCUT2D eigenvalue weighted by atomic mass is 32.2. The van der Waals surface area contributed by atoms with E-state index in [1.54, 1.807) is 0 Å². The van der Waals surface area contributed by atoms with Gasteiger partial charge in [-0.05, 0) is 13.0 Å². The minimum atomic E-state index is -0.693. The third-order valence-electron chi connectivity index (χ3n) is 2.22. The minimum absolute atomic E-state index is 0.00357. The van der Waals surface area contributed by atoms with Gasteiger partial charge >= 0.3 is 0 Å². The maximum Gasteiger partial charge on any atom is 0.201 e. The van der Waals surface area contributed by atoms with Crippen molar-refractivity contribution in [2.45, 2.75) is 18.2 Å². The fourth-order valence-corrected chi connectivity index (χ4v) is 2.36. The molecule has 18 heavy (non-hydrogen) atoms. The van der Waals surface area contributed by atoms with Gasteiger partial charge in [-0.15, -0.1) is 11.8 Å². The number of halogens is 2. The Hall–Kier alpha value is -1.30. The van der Waals surface area contributed by atoms with E-state index in [1.165, 1.54) is 21.1 Å². The number of carbonyl (C=O) groups is 1. The molecule has 0 spiro atoms. The Morgan fingerprint density at radius 2 is 1.89 bits per heavy atom. The maximum absolute atomic E-state index is 13.9. The van der Waals surface area contributed by atoms with Crippen LogP contribution in [0.1, 0.15) is 13.3 Å². The molecule has 1 aromatic rings. The number of ether oxygens (including phenoxy) is 2. The maximum atomic E-state index is 13.9. The summed E-state index contributed by atoms with van der Waals surface area (Å²) in [5.74, 6) is -1.50. The van der Waals surface area contributed by atoms with Crippen molar-refractivity contribution in [3.8, 4) is 11.5 Å². The lowest BCUT2D eigenvalue weighted by Gasteiger charge is -2.12. The minimum Gasteiger partial charge on any atom is -0.490 e. The highest BCUT2D eigenvalue weighted by Gasteiger charge is 2.20. The van der Waals surface area contributed by atoms with Gasteiger partial charge in [-0.2, -0.15) is 0 Å². The zero-order chi connectivity index (χ0) is 13.7. The van der Waals surface area contributed by atoms with Gasteiger partial charge in [-0.25, -0.2) is 8.78 Å². The number of methoxy groups -OCH3 is 2. The summed E-state index contributed by atoms with van der Waals surface area (Å²) in [6, 6.07) is 1.04. The Morgan fingerprint density at radius 1 is 1.28 bits per heavy atom. The molecular formula is C12H14F2O3S. The summed E-state index contributed by atoms with van der Waals surface area (Å²) >= 11 is 1.07. The Morgan fingerprint density at radius 3 is 2.39 bits per heavy atom. The number of thioether (sulfide) groups is 1. The van der Waals surface area contributed by atoms with E-state index in [9.17, 15) is 13.6 Å². The van der Waals surface area contributed by atoms with Gasteiger partial charge in [0.05, 0.1) is 19.1 Å². The first-order chi connectivity index (χ1) is 8.51. The van der Waals surface area contributed by atoms with Crippen LogP contribution in [0.15, 0.2) is 11.0 Å². The van der Waals surface area contributed by atoms with Crippen molar-refractivity contribution >= 4 is 17.5 Å². The SMILES string of the molecule is COc1c(F)cc(SCCC(C)=O)c(F)c1OC. The molecule has 0 amide bonds. The first-order valence-electron chi connectivity index (χ1n) is 5.23. The number of rotatable bonds is 6. The van der Waals surface area contributed by atoms with E-state index in [-0.39, 0.29) is 22.2 Å². The average Bonchev–Trinajstić information content (AvgIpc) is 2.32. The Balaban J connectivity index is 2.99. The third kappa shape index (κ3) is 3.35. The molecule has 0 aliphatic carbocycles. The lowest BCUT2D eigenvalue weighted by atomic mass is 10.3. The number of hydrogen-bond acceptors (Lipinski definition) is 4. The molecule has 0 atom stereocenters. The van der Waals surface area contributed by atoms with Crippen LogP contribution in [0.4, 0.5) is 8.78 Å². The average molecular weight is 276 g/mol. The number of benzene rings is 1. The molecule has 0 aromatic heterocycles. The molecule has 0 saturated carbocycles. The van der Waals surface area contributed by atoms with Gasteiger partial charge in [0, 0.05) is 12.2 Å². The van der Waals surface area contributed by atoms with Crippen LogP contribution in [0.5, 0.6) is 11.5 Å². The first-order valence-corrected chi connectivity index (χ1v) is 6.22. The summed E-state index contributed by atoms with van der Waals surface area (Å²) < 4.78 is 37.1. The van der Waals surface area contributed by atoms with Crippen LogP contribution in [-0.2, 0) is 4.79 Å². The van der Waals surface area contributed by atoms with Crippen LogP contribution in [0.25, 0.3) is 0 Å².